The van der Waals surface area contributed by atoms with Gasteiger partial charge in [-0.2, -0.15) is 13.2 Å². The molecule has 0 saturated carbocycles. The number of halogens is 3. The van der Waals surface area contributed by atoms with Crippen molar-refractivity contribution < 1.29 is 22.7 Å². The summed E-state index contributed by atoms with van der Waals surface area (Å²) in [6.07, 6.45) is -4.41. The first-order valence-electron chi connectivity index (χ1n) is 9.31. The van der Waals surface area contributed by atoms with Gasteiger partial charge in [0.05, 0.1) is 11.3 Å². The zero-order valence-electron chi connectivity index (χ0n) is 17.2. The van der Waals surface area contributed by atoms with Crippen molar-refractivity contribution in [2.45, 2.75) is 31.8 Å². The molecule has 10 heteroatoms. The number of anilines is 1. The van der Waals surface area contributed by atoms with E-state index >= 15 is 0 Å². The Labute approximate surface area is 181 Å². The van der Waals surface area contributed by atoms with E-state index in [1.165, 1.54) is 23.9 Å². The van der Waals surface area contributed by atoms with Crippen LogP contribution in [0.3, 0.4) is 0 Å². The number of nitrogens with one attached hydrogen (secondary N) is 1. The fraction of sp³-hybridized carbons (Fsp3) is 0.286. The molecule has 2 aromatic carbocycles. The molecule has 164 valence electrons. The van der Waals surface area contributed by atoms with Gasteiger partial charge >= 0.3 is 6.18 Å². The molecule has 0 fully saturated rings. The average molecular weight is 450 g/mol. The van der Waals surface area contributed by atoms with Gasteiger partial charge < -0.3 is 14.6 Å². The van der Waals surface area contributed by atoms with E-state index in [1.807, 2.05) is 32.0 Å². The number of amides is 1. The van der Waals surface area contributed by atoms with E-state index in [2.05, 4.69) is 15.5 Å². The second kappa shape index (κ2) is 9.42. The molecule has 3 rings (SSSR count). The zero-order chi connectivity index (χ0) is 22.6. The number of rotatable bonds is 7. The average Bonchev–Trinajstić information content (AvgIpc) is 3.05. The highest BCUT2D eigenvalue weighted by Crippen LogP contribution is 2.30. The molecule has 0 saturated heterocycles. The number of ether oxygens (including phenoxy) is 1. The summed E-state index contributed by atoms with van der Waals surface area (Å²) in [5.41, 5.74) is 1.70. The molecule has 31 heavy (non-hydrogen) atoms. The highest BCUT2D eigenvalue weighted by molar-refractivity contribution is 7.99. The highest BCUT2D eigenvalue weighted by Gasteiger charge is 2.30. The van der Waals surface area contributed by atoms with Crippen molar-refractivity contribution >= 4 is 23.4 Å². The minimum atomic E-state index is -4.41. The summed E-state index contributed by atoms with van der Waals surface area (Å²) in [5.74, 6) is 1.04. The number of aromatic nitrogens is 3. The molecule has 0 spiro atoms. The second-order valence-corrected chi connectivity index (χ2v) is 7.87. The van der Waals surface area contributed by atoms with E-state index in [1.54, 1.807) is 11.6 Å². The van der Waals surface area contributed by atoms with E-state index in [4.69, 9.17) is 4.74 Å². The van der Waals surface area contributed by atoms with Gasteiger partial charge in [-0.1, -0.05) is 29.5 Å². The summed E-state index contributed by atoms with van der Waals surface area (Å²) >= 11 is 1.17. The van der Waals surface area contributed by atoms with Crippen LogP contribution in [0.2, 0.25) is 0 Å². The first-order valence-corrected chi connectivity index (χ1v) is 10.3. The topological polar surface area (TPSA) is 69.0 Å². The zero-order valence-corrected chi connectivity index (χ0v) is 18.0. The van der Waals surface area contributed by atoms with Crippen molar-refractivity contribution in [1.29, 1.82) is 0 Å². The molecule has 6 nitrogen and oxygen atoms in total. The third kappa shape index (κ3) is 6.00. The van der Waals surface area contributed by atoms with Crippen LogP contribution in [0.25, 0.3) is 0 Å². The van der Waals surface area contributed by atoms with E-state index in [9.17, 15) is 18.0 Å². The maximum atomic E-state index is 12.6. The fourth-order valence-electron chi connectivity index (χ4n) is 2.77. The third-order valence-corrected chi connectivity index (χ3v) is 5.46. The van der Waals surface area contributed by atoms with Crippen LogP contribution >= 0.6 is 11.8 Å². The summed E-state index contributed by atoms with van der Waals surface area (Å²) in [5, 5.41) is 11.3. The number of hydrogen-bond acceptors (Lipinski definition) is 5. The lowest BCUT2D eigenvalue weighted by Gasteiger charge is -2.10. The molecule has 1 N–H and O–H groups in total. The van der Waals surface area contributed by atoms with Gasteiger partial charge in [0.1, 0.15) is 12.4 Å². The van der Waals surface area contributed by atoms with Crippen molar-refractivity contribution in [1.82, 2.24) is 14.8 Å². The number of alkyl halides is 3. The number of thioether (sulfide) groups is 1. The van der Waals surface area contributed by atoms with Gasteiger partial charge in [0, 0.05) is 12.7 Å². The van der Waals surface area contributed by atoms with Gasteiger partial charge in [-0.25, -0.2) is 0 Å². The molecular weight excluding hydrogens is 429 g/mol. The normalized spacial score (nSPS) is 11.4. The van der Waals surface area contributed by atoms with Crippen LogP contribution in [0.4, 0.5) is 18.9 Å². The predicted octanol–water partition coefficient (Wildman–Crippen LogP) is 4.76. The lowest BCUT2D eigenvalue weighted by molar-refractivity contribution is -0.137. The van der Waals surface area contributed by atoms with Crippen LogP contribution in [0.15, 0.2) is 47.6 Å². The molecule has 1 amide bonds. The molecule has 0 unspecified atom stereocenters. The summed E-state index contributed by atoms with van der Waals surface area (Å²) in [4.78, 5) is 12.1. The summed E-state index contributed by atoms with van der Waals surface area (Å²) in [6, 6.07) is 10.2. The Kier molecular flexibility index (Phi) is 6.89. The molecule has 1 aromatic heterocycles. The predicted molar refractivity (Wildman–Crippen MR) is 112 cm³/mol. The summed E-state index contributed by atoms with van der Waals surface area (Å²) < 4.78 is 45.4. The van der Waals surface area contributed by atoms with E-state index in [0.717, 1.165) is 29.0 Å². The minimum Gasteiger partial charge on any atom is -0.485 e. The standard InChI is InChI=1S/C21H21F3N4O2S/c1-13-4-9-17(14(2)10-13)30-11-18-26-27-20(28(18)3)31-12-19(29)25-16-7-5-15(6-8-16)21(22,23)24/h4-10H,11-12H2,1-3H3,(H,25,29). The smallest absolute Gasteiger partial charge is 0.416 e. The number of carbonyl (C=O) groups is 1. The van der Waals surface area contributed by atoms with Gasteiger partial charge in [-0.15, -0.1) is 10.2 Å². The first kappa shape index (κ1) is 22.7. The van der Waals surface area contributed by atoms with Crippen LogP contribution in [0.5, 0.6) is 5.75 Å². The number of carbonyl (C=O) groups excluding carboxylic acids is 1. The maximum absolute atomic E-state index is 12.6. The van der Waals surface area contributed by atoms with Crippen molar-refractivity contribution in [3.05, 3.63) is 65.0 Å². The lowest BCUT2D eigenvalue weighted by atomic mass is 10.1. The van der Waals surface area contributed by atoms with E-state index < -0.39 is 11.7 Å². The Bertz CT molecular complexity index is 1070. The largest absolute Gasteiger partial charge is 0.485 e. The van der Waals surface area contributed by atoms with Gasteiger partial charge in [0.25, 0.3) is 0 Å². The molecule has 3 aromatic rings. The minimum absolute atomic E-state index is 0.0327. The Hall–Kier alpha value is -3.01. The quantitative estimate of drug-likeness (QED) is 0.526. The number of hydrogen-bond donors (Lipinski definition) is 1. The Morgan fingerprint density at radius 2 is 1.84 bits per heavy atom. The number of nitrogens with zero attached hydrogens (tertiary/aromatic N) is 3. The number of aryl methyl sites for hydroxylation is 2. The van der Waals surface area contributed by atoms with Crippen LogP contribution in [0, 0.1) is 13.8 Å². The lowest BCUT2D eigenvalue weighted by Crippen LogP contribution is -2.15. The highest BCUT2D eigenvalue weighted by atomic mass is 32.2. The second-order valence-electron chi connectivity index (χ2n) is 6.93. The van der Waals surface area contributed by atoms with Crippen LogP contribution in [-0.2, 0) is 24.6 Å². The van der Waals surface area contributed by atoms with Crippen LogP contribution < -0.4 is 10.1 Å². The molecule has 0 aliphatic carbocycles. The Balaban J connectivity index is 1.52. The molecule has 0 bridgehead atoms. The van der Waals surface area contributed by atoms with Crippen molar-refractivity contribution in [2.75, 3.05) is 11.1 Å². The molecule has 0 aliphatic heterocycles. The van der Waals surface area contributed by atoms with Crippen molar-refractivity contribution in [2.24, 2.45) is 7.05 Å². The fourth-order valence-corrected chi connectivity index (χ4v) is 3.50. The first-order chi connectivity index (χ1) is 14.6. The Morgan fingerprint density at radius 1 is 1.13 bits per heavy atom. The van der Waals surface area contributed by atoms with Crippen molar-refractivity contribution in [3.63, 3.8) is 0 Å². The molecular formula is C21H21F3N4O2S. The number of benzene rings is 2. The van der Waals surface area contributed by atoms with E-state index in [0.29, 0.717) is 16.7 Å². The van der Waals surface area contributed by atoms with Crippen LogP contribution in [0.1, 0.15) is 22.5 Å². The van der Waals surface area contributed by atoms with Gasteiger partial charge in [0.15, 0.2) is 11.0 Å². The summed E-state index contributed by atoms with van der Waals surface area (Å²) in [7, 11) is 1.77. The maximum Gasteiger partial charge on any atom is 0.416 e. The monoisotopic (exact) mass is 450 g/mol. The summed E-state index contributed by atoms with van der Waals surface area (Å²) in [6.45, 7) is 4.21. The molecule has 0 radical (unpaired) electrons. The van der Waals surface area contributed by atoms with Gasteiger partial charge in [-0.05, 0) is 49.7 Å². The van der Waals surface area contributed by atoms with Gasteiger partial charge in [-0.3, -0.25) is 4.79 Å². The molecule has 1 heterocycles. The molecule has 0 atom stereocenters. The van der Waals surface area contributed by atoms with Crippen molar-refractivity contribution in [3.8, 4) is 5.75 Å². The Morgan fingerprint density at radius 3 is 2.48 bits per heavy atom. The third-order valence-electron chi connectivity index (χ3n) is 4.44. The molecule has 0 aliphatic rings. The SMILES string of the molecule is Cc1ccc(OCc2nnc(SCC(=O)Nc3ccc(C(F)(F)F)cc3)n2C)c(C)c1. The van der Waals surface area contributed by atoms with Gasteiger partial charge in [0.2, 0.25) is 5.91 Å². The van der Waals surface area contributed by atoms with E-state index in [-0.39, 0.29) is 18.3 Å². The van der Waals surface area contributed by atoms with Crippen LogP contribution in [-0.4, -0.2) is 26.4 Å².